The lowest BCUT2D eigenvalue weighted by atomic mass is 9.98. The minimum absolute atomic E-state index is 0.0243. The summed E-state index contributed by atoms with van der Waals surface area (Å²) in [7, 11) is 0. The third-order valence-electron chi connectivity index (χ3n) is 3.87. The molecular formula is C14H17N3O2S. The SMILES string of the molecule is CC(=O)N1CCC[C@H](Cn2cnc3sccc3c2=O)C1. The summed E-state index contributed by atoms with van der Waals surface area (Å²) in [6.07, 6.45) is 3.69. The maximum atomic E-state index is 12.3. The Bertz CT molecular complexity index is 691. The standard InChI is InChI=1S/C14H17N3O2S/c1-10(18)16-5-2-3-11(7-16)8-17-9-15-13-12(14(17)19)4-6-20-13/h4,6,9,11H,2-3,5,7-8H2,1H3/t11-/m0/s1. The van der Waals surface area contributed by atoms with Gasteiger partial charge in [-0.3, -0.25) is 14.2 Å². The van der Waals surface area contributed by atoms with Crippen molar-refractivity contribution in [1.82, 2.24) is 14.5 Å². The highest BCUT2D eigenvalue weighted by atomic mass is 32.1. The first-order valence-corrected chi connectivity index (χ1v) is 7.71. The molecule has 0 N–H and O–H groups in total. The number of hydrogen-bond donors (Lipinski definition) is 0. The first-order valence-electron chi connectivity index (χ1n) is 6.83. The van der Waals surface area contributed by atoms with E-state index in [-0.39, 0.29) is 11.5 Å². The molecule has 0 saturated carbocycles. The average Bonchev–Trinajstić information content (AvgIpc) is 2.91. The molecule has 1 aliphatic rings. The molecule has 6 heteroatoms. The van der Waals surface area contributed by atoms with Crippen molar-refractivity contribution in [3.63, 3.8) is 0 Å². The van der Waals surface area contributed by atoms with Crippen LogP contribution in [0.25, 0.3) is 10.2 Å². The number of piperidine rings is 1. The van der Waals surface area contributed by atoms with Gasteiger partial charge in [0.15, 0.2) is 0 Å². The van der Waals surface area contributed by atoms with Gasteiger partial charge in [0.2, 0.25) is 5.91 Å². The van der Waals surface area contributed by atoms with E-state index in [0.29, 0.717) is 17.8 Å². The van der Waals surface area contributed by atoms with E-state index < -0.39 is 0 Å². The van der Waals surface area contributed by atoms with Crippen molar-refractivity contribution in [3.05, 3.63) is 28.1 Å². The molecule has 106 valence electrons. The molecule has 0 aliphatic carbocycles. The summed E-state index contributed by atoms with van der Waals surface area (Å²) in [5.41, 5.74) is 0.0243. The number of rotatable bonds is 2. The Labute approximate surface area is 120 Å². The van der Waals surface area contributed by atoms with Crippen LogP contribution < -0.4 is 5.56 Å². The number of likely N-dealkylation sites (tertiary alicyclic amines) is 1. The normalized spacial score (nSPS) is 19.4. The van der Waals surface area contributed by atoms with E-state index in [4.69, 9.17) is 0 Å². The lowest BCUT2D eigenvalue weighted by Crippen LogP contribution is -2.40. The van der Waals surface area contributed by atoms with Crippen LogP contribution >= 0.6 is 11.3 Å². The molecule has 2 aromatic rings. The molecule has 3 heterocycles. The zero-order chi connectivity index (χ0) is 14.1. The molecule has 0 bridgehead atoms. The summed E-state index contributed by atoms with van der Waals surface area (Å²) in [5, 5.41) is 2.58. The van der Waals surface area contributed by atoms with Crippen molar-refractivity contribution >= 4 is 27.5 Å². The Hall–Kier alpha value is -1.69. The first-order chi connectivity index (χ1) is 9.65. The molecule has 2 aromatic heterocycles. The van der Waals surface area contributed by atoms with Gasteiger partial charge in [0.25, 0.3) is 5.56 Å². The van der Waals surface area contributed by atoms with Gasteiger partial charge in [-0.2, -0.15) is 0 Å². The molecule has 5 nitrogen and oxygen atoms in total. The molecule has 0 aromatic carbocycles. The highest BCUT2D eigenvalue weighted by Gasteiger charge is 2.22. The van der Waals surface area contributed by atoms with Crippen molar-refractivity contribution in [2.24, 2.45) is 5.92 Å². The second kappa shape index (κ2) is 5.36. The van der Waals surface area contributed by atoms with E-state index in [1.54, 1.807) is 17.8 Å². The van der Waals surface area contributed by atoms with Crippen LogP contribution in [0.1, 0.15) is 19.8 Å². The van der Waals surface area contributed by atoms with Gasteiger partial charge < -0.3 is 4.90 Å². The van der Waals surface area contributed by atoms with Crippen molar-refractivity contribution in [1.29, 1.82) is 0 Å². The minimum atomic E-state index is 0.0243. The Kier molecular flexibility index (Phi) is 3.56. The monoisotopic (exact) mass is 291 g/mol. The van der Waals surface area contributed by atoms with Gasteiger partial charge in [-0.05, 0) is 30.2 Å². The largest absolute Gasteiger partial charge is 0.343 e. The average molecular weight is 291 g/mol. The number of carbonyl (C=O) groups excluding carboxylic acids is 1. The number of nitrogens with zero attached hydrogens (tertiary/aromatic N) is 3. The minimum Gasteiger partial charge on any atom is -0.343 e. The van der Waals surface area contributed by atoms with Crippen molar-refractivity contribution in [2.45, 2.75) is 26.3 Å². The smallest absolute Gasteiger partial charge is 0.262 e. The summed E-state index contributed by atoms with van der Waals surface area (Å²) in [6, 6.07) is 1.83. The van der Waals surface area contributed by atoms with Gasteiger partial charge in [-0.15, -0.1) is 11.3 Å². The number of fused-ring (bicyclic) bond motifs is 1. The number of thiophene rings is 1. The summed E-state index contributed by atoms with van der Waals surface area (Å²) in [4.78, 5) is 30.8. The molecule has 0 unspecified atom stereocenters. The number of amides is 1. The quantitative estimate of drug-likeness (QED) is 0.846. The van der Waals surface area contributed by atoms with Crippen LogP contribution in [0.15, 0.2) is 22.6 Å². The highest BCUT2D eigenvalue weighted by molar-refractivity contribution is 7.16. The van der Waals surface area contributed by atoms with Crippen LogP contribution in [0.4, 0.5) is 0 Å². The molecule has 0 spiro atoms. The summed E-state index contributed by atoms with van der Waals surface area (Å²) in [5.74, 6) is 0.455. The Morgan fingerprint density at radius 1 is 1.55 bits per heavy atom. The lowest BCUT2D eigenvalue weighted by molar-refractivity contribution is -0.130. The van der Waals surface area contributed by atoms with Gasteiger partial charge in [0.05, 0.1) is 11.7 Å². The van der Waals surface area contributed by atoms with Crippen LogP contribution in [0.2, 0.25) is 0 Å². The van der Waals surface area contributed by atoms with Crippen molar-refractivity contribution in [2.75, 3.05) is 13.1 Å². The molecule has 1 saturated heterocycles. The fourth-order valence-electron chi connectivity index (χ4n) is 2.80. The molecular weight excluding hydrogens is 274 g/mol. The molecule has 1 atom stereocenters. The topological polar surface area (TPSA) is 55.2 Å². The third kappa shape index (κ3) is 2.47. The van der Waals surface area contributed by atoms with E-state index in [1.807, 2.05) is 16.3 Å². The molecule has 3 rings (SSSR count). The van der Waals surface area contributed by atoms with E-state index in [0.717, 1.165) is 30.8 Å². The van der Waals surface area contributed by atoms with Crippen LogP contribution in [-0.4, -0.2) is 33.4 Å². The van der Waals surface area contributed by atoms with Gasteiger partial charge in [0.1, 0.15) is 4.83 Å². The maximum Gasteiger partial charge on any atom is 0.262 e. The van der Waals surface area contributed by atoms with Crippen LogP contribution in [0, 0.1) is 5.92 Å². The van der Waals surface area contributed by atoms with E-state index >= 15 is 0 Å². The van der Waals surface area contributed by atoms with E-state index in [2.05, 4.69) is 4.98 Å². The van der Waals surface area contributed by atoms with E-state index in [1.165, 1.54) is 11.3 Å². The Morgan fingerprint density at radius 2 is 2.40 bits per heavy atom. The molecule has 1 aliphatic heterocycles. The van der Waals surface area contributed by atoms with Crippen molar-refractivity contribution in [3.8, 4) is 0 Å². The second-order valence-corrected chi connectivity index (χ2v) is 6.21. The van der Waals surface area contributed by atoms with Crippen LogP contribution in [0.5, 0.6) is 0 Å². The zero-order valence-electron chi connectivity index (χ0n) is 11.4. The Morgan fingerprint density at radius 3 is 3.20 bits per heavy atom. The lowest BCUT2D eigenvalue weighted by Gasteiger charge is -2.32. The molecule has 0 radical (unpaired) electrons. The number of aromatic nitrogens is 2. The maximum absolute atomic E-state index is 12.3. The summed E-state index contributed by atoms with van der Waals surface area (Å²) >= 11 is 1.48. The predicted molar refractivity (Wildman–Crippen MR) is 78.9 cm³/mol. The van der Waals surface area contributed by atoms with Crippen LogP contribution in [0.3, 0.4) is 0 Å². The molecule has 1 fully saturated rings. The predicted octanol–water partition coefficient (Wildman–Crippen LogP) is 1.72. The number of hydrogen-bond acceptors (Lipinski definition) is 4. The third-order valence-corrected chi connectivity index (χ3v) is 4.69. The van der Waals surface area contributed by atoms with Gasteiger partial charge in [-0.1, -0.05) is 0 Å². The van der Waals surface area contributed by atoms with E-state index in [9.17, 15) is 9.59 Å². The molecule has 20 heavy (non-hydrogen) atoms. The van der Waals surface area contributed by atoms with Gasteiger partial charge in [-0.25, -0.2) is 4.98 Å². The molecule has 1 amide bonds. The number of carbonyl (C=O) groups is 1. The summed E-state index contributed by atoms with van der Waals surface area (Å²) in [6.45, 7) is 3.82. The second-order valence-electron chi connectivity index (χ2n) is 5.31. The van der Waals surface area contributed by atoms with Crippen LogP contribution in [-0.2, 0) is 11.3 Å². The van der Waals surface area contributed by atoms with Crippen molar-refractivity contribution < 1.29 is 4.79 Å². The fourth-order valence-corrected chi connectivity index (χ4v) is 3.52. The summed E-state index contributed by atoms with van der Waals surface area (Å²) < 4.78 is 1.68. The first kappa shape index (κ1) is 13.3. The highest BCUT2D eigenvalue weighted by Crippen LogP contribution is 2.19. The Balaban J connectivity index is 1.80. The van der Waals surface area contributed by atoms with Gasteiger partial charge >= 0.3 is 0 Å². The fraction of sp³-hybridized carbons (Fsp3) is 0.500. The zero-order valence-corrected chi connectivity index (χ0v) is 12.2. The van der Waals surface area contributed by atoms with Gasteiger partial charge in [0, 0.05) is 26.6 Å².